The molecule has 1 aromatic carbocycles. The second-order valence-electron chi connectivity index (χ2n) is 5.57. The Morgan fingerprint density at radius 2 is 2.09 bits per heavy atom. The number of aliphatic hydroxyl groups excluding tert-OH is 2. The normalized spacial score (nSPS) is 14.9. The SMILES string of the molecule is CCOc1cc2c(cc1-c1cn(C[C@H](O)CO)nn1)CCC2. The zero-order valence-corrected chi connectivity index (χ0v) is 12.7. The third kappa shape index (κ3) is 2.98. The lowest BCUT2D eigenvalue weighted by atomic mass is 10.0. The van der Waals surface area contributed by atoms with Gasteiger partial charge in [0.2, 0.25) is 0 Å². The van der Waals surface area contributed by atoms with E-state index in [2.05, 4.69) is 22.4 Å². The smallest absolute Gasteiger partial charge is 0.129 e. The maximum atomic E-state index is 9.49. The molecule has 1 aromatic heterocycles. The molecule has 6 nitrogen and oxygen atoms in total. The second-order valence-corrected chi connectivity index (χ2v) is 5.57. The molecular weight excluding hydrogens is 282 g/mol. The molecule has 0 bridgehead atoms. The van der Waals surface area contributed by atoms with Crippen LogP contribution in [0.25, 0.3) is 11.3 Å². The molecule has 0 spiro atoms. The lowest BCUT2D eigenvalue weighted by Gasteiger charge is -2.11. The van der Waals surface area contributed by atoms with Crippen molar-refractivity contribution in [3.05, 3.63) is 29.5 Å². The number of aliphatic hydroxyl groups is 2. The Hall–Kier alpha value is -1.92. The Kier molecular flexibility index (Phi) is 4.40. The van der Waals surface area contributed by atoms with Crippen LogP contribution in [0, 0.1) is 0 Å². The van der Waals surface area contributed by atoms with Crippen LogP contribution in [0.1, 0.15) is 24.5 Å². The summed E-state index contributed by atoms with van der Waals surface area (Å²) in [5.74, 6) is 0.831. The van der Waals surface area contributed by atoms with E-state index in [9.17, 15) is 5.11 Å². The van der Waals surface area contributed by atoms with Crippen molar-refractivity contribution < 1.29 is 14.9 Å². The average molecular weight is 303 g/mol. The third-order valence-electron chi connectivity index (χ3n) is 3.92. The van der Waals surface area contributed by atoms with E-state index in [-0.39, 0.29) is 13.2 Å². The first-order valence-electron chi connectivity index (χ1n) is 7.69. The maximum absolute atomic E-state index is 9.49. The number of benzene rings is 1. The van der Waals surface area contributed by atoms with Gasteiger partial charge in [0.15, 0.2) is 0 Å². The highest BCUT2D eigenvalue weighted by Crippen LogP contribution is 2.35. The van der Waals surface area contributed by atoms with E-state index in [0.717, 1.165) is 29.8 Å². The number of aryl methyl sites for hydroxylation is 2. The van der Waals surface area contributed by atoms with Crippen LogP contribution >= 0.6 is 0 Å². The van der Waals surface area contributed by atoms with Gasteiger partial charge in [-0.05, 0) is 49.4 Å². The van der Waals surface area contributed by atoms with Gasteiger partial charge in [-0.3, -0.25) is 0 Å². The average Bonchev–Trinajstić information content (AvgIpc) is 3.15. The molecule has 1 aliphatic carbocycles. The summed E-state index contributed by atoms with van der Waals surface area (Å²) in [6, 6.07) is 4.26. The van der Waals surface area contributed by atoms with Gasteiger partial charge in [-0.1, -0.05) is 5.21 Å². The molecule has 1 heterocycles. The zero-order valence-electron chi connectivity index (χ0n) is 12.7. The van der Waals surface area contributed by atoms with Gasteiger partial charge in [0.25, 0.3) is 0 Å². The molecule has 0 amide bonds. The molecule has 2 N–H and O–H groups in total. The van der Waals surface area contributed by atoms with Crippen LogP contribution in [0.3, 0.4) is 0 Å². The molecule has 1 aliphatic rings. The van der Waals surface area contributed by atoms with Crippen LogP contribution in [0.5, 0.6) is 5.75 Å². The summed E-state index contributed by atoms with van der Waals surface area (Å²) in [7, 11) is 0. The first-order valence-corrected chi connectivity index (χ1v) is 7.69. The van der Waals surface area contributed by atoms with Crippen LogP contribution in [0.4, 0.5) is 0 Å². The van der Waals surface area contributed by atoms with Crippen LogP contribution in [-0.2, 0) is 19.4 Å². The van der Waals surface area contributed by atoms with Gasteiger partial charge >= 0.3 is 0 Å². The molecule has 0 unspecified atom stereocenters. The highest BCUT2D eigenvalue weighted by atomic mass is 16.5. The highest BCUT2D eigenvalue weighted by Gasteiger charge is 2.18. The van der Waals surface area contributed by atoms with Crippen molar-refractivity contribution in [1.82, 2.24) is 15.0 Å². The Morgan fingerprint density at radius 3 is 2.82 bits per heavy atom. The largest absolute Gasteiger partial charge is 0.493 e. The van der Waals surface area contributed by atoms with Crippen LogP contribution in [0.2, 0.25) is 0 Å². The molecule has 0 saturated heterocycles. The van der Waals surface area contributed by atoms with E-state index in [4.69, 9.17) is 9.84 Å². The van der Waals surface area contributed by atoms with Crippen molar-refractivity contribution in [2.24, 2.45) is 0 Å². The van der Waals surface area contributed by atoms with Crippen molar-refractivity contribution in [3.63, 3.8) is 0 Å². The molecular formula is C16H21N3O3. The van der Waals surface area contributed by atoms with Gasteiger partial charge in [-0.25, -0.2) is 4.68 Å². The molecule has 0 aliphatic heterocycles. The lowest BCUT2D eigenvalue weighted by Crippen LogP contribution is -2.20. The molecule has 0 radical (unpaired) electrons. The molecule has 22 heavy (non-hydrogen) atoms. The topological polar surface area (TPSA) is 80.4 Å². The number of hydrogen-bond donors (Lipinski definition) is 2. The summed E-state index contributed by atoms with van der Waals surface area (Å²) in [5.41, 5.74) is 4.37. The van der Waals surface area contributed by atoms with E-state index in [1.165, 1.54) is 17.5 Å². The van der Waals surface area contributed by atoms with E-state index in [0.29, 0.717) is 6.61 Å². The number of hydrogen-bond acceptors (Lipinski definition) is 5. The number of rotatable bonds is 6. The standard InChI is InChI=1S/C16H21N3O3/c1-2-22-16-7-12-5-3-4-11(12)6-14(16)15-9-19(18-17-15)8-13(21)10-20/h6-7,9,13,20-21H,2-5,8,10H2,1H3/t13-/m0/s1. The van der Waals surface area contributed by atoms with Gasteiger partial charge < -0.3 is 14.9 Å². The molecule has 0 fully saturated rings. The lowest BCUT2D eigenvalue weighted by molar-refractivity contribution is 0.0778. The fourth-order valence-corrected chi connectivity index (χ4v) is 2.86. The summed E-state index contributed by atoms with van der Waals surface area (Å²) in [5, 5.41) is 26.6. The van der Waals surface area contributed by atoms with Crippen LogP contribution in [0.15, 0.2) is 18.3 Å². The summed E-state index contributed by atoms with van der Waals surface area (Å²) in [6.45, 7) is 2.49. The zero-order chi connectivity index (χ0) is 15.5. The van der Waals surface area contributed by atoms with E-state index >= 15 is 0 Å². The van der Waals surface area contributed by atoms with Gasteiger partial charge in [-0.2, -0.15) is 0 Å². The summed E-state index contributed by atoms with van der Waals surface area (Å²) in [6.07, 6.45) is 4.32. The fourth-order valence-electron chi connectivity index (χ4n) is 2.86. The Balaban J connectivity index is 1.93. The van der Waals surface area contributed by atoms with Crippen LogP contribution < -0.4 is 4.74 Å². The van der Waals surface area contributed by atoms with Gasteiger partial charge in [0.1, 0.15) is 11.4 Å². The van der Waals surface area contributed by atoms with Gasteiger partial charge in [-0.15, -0.1) is 5.10 Å². The van der Waals surface area contributed by atoms with E-state index in [1.807, 2.05) is 6.92 Å². The van der Waals surface area contributed by atoms with Gasteiger partial charge in [0, 0.05) is 5.56 Å². The number of fused-ring (bicyclic) bond motifs is 1. The monoisotopic (exact) mass is 303 g/mol. The predicted octanol–water partition coefficient (Wildman–Crippen LogP) is 1.19. The van der Waals surface area contributed by atoms with Crippen LogP contribution in [-0.4, -0.2) is 44.5 Å². The molecule has 118 valence electrons. The first-order chi connectivity index (χ1) is 10.7. The number of ether oxygens (including phenoxy) is 1. The minimum Gasteiger partial charge on any atom is -0.493 e. The Labute approximate surface area is 129 Å². The summed E-state index contributed by atoms with van der Waals surface area (Å²) < 4.78 is 7.30. The van der Waals surface area contributed by atoms with Crippen molar-refractivity contribution >= 4 is 0 Å². The predicted molar refractivity (Wildman–Crippen MR) is 81.7 cm³/mol. The van der Waals surface area contributed by atoms with Crippen molar-refractivity contribution in [1.29, 1.82) is 0 Å². The quantitative estimate of drug-likeness (QED) is 0.838. The van der Waals surface area contributed by atoms with Crippen molar-refractivity contribution in [2.45, 2.75) is 38.8 Å². The first kappa shape index (κ1) is 15.0. The van der Waals surface area contributed by atoms with Crippen molar-refractivity contribution in [3.8, 4) is 17.0 Å². The summed E-state index contributed by atoms with van der Waals surface area (Å²) in [4.78, 5) is 0. The number of nitrogens with zero attached hydrogens (tertiary/aromatic N) is 3. The Bertz CT molecular complexity index is 654. The molecule has 6 heteroatoms. The number of aromatic nitrogens is 3. The molecule has 0 saturated carbocycles. The molecule has 3 rings (SSSR count). The van der Waals surface area contributed by atoms with E-state index < -0.39 is 6.10 Å². The maximum Gasteiger partial charge on any atom is 0.129 e. The van der Waals surface area contributed by atoms with Gasteiger partial charge in [0.05, 0.1) is 32.1 Å². The summed E-state index contributed by atoms with van der Waals surface area (Å²) >= 11 is 0. The molecule has 2 aromatic rings. The highest BCUT2D eigenvalue weighted by molar-refractivity contribution is 5.69. The van der Waals surface area contributed by atoms with E-state index in [1.54, 1.807) is 10.9 Å². The third-order valence-corrected chi connectivity index (χ3v) is 3.92. The Morgan fingerprint density at radius 1 is 1.32 bits per heavy atom. The fraction of sp³-hybridized carbons (Fsp3) is 0.500. The second kappa shape index (κ2) is 6.46. The van der Waals surface area contributed by atoms with Crippen molar-refractivity contribution in [2.75, 3.05) is 13.2 Å². The molecule has 1 atom stereocenters. The minimum atomic E-state index is -0.832. The minimum absolute atomic E-state index is 0.221.